The van der Waals surface area contributed by atoms with Crippen LogP contribution in [0, 0.1) is 5.41 Å². The van der Waals surface area contributed by atoms with Gasteiger partial charge in [-0.2, -0.15) is 0 Å². The largest absolute Gasteiger partial charge is 0.351 e. The molecule has 1 aliphatic heterocycles. The van der Waals surface area contributed by atoms with Crippen molar-refractivity contribution in [2.45, 2.75) is 45.3 Å². The normalized spacial score (nSPS) is 23.0. The highest BCUT2D eigenvalue weighted by molar-refractivity contribution is 6.35. The van der Waals surface area contributed by atoms with Gasteiger partial charge in [0, 0.05) is 46.1 Å². The van der Waals surface area contributed by atoms with E-state index in [2.05, 4.69) is 16.0 Å². The number of hydrogen-bond donors (Lipinski definition) is 3. The van der Waals surface area contributed by atoms with Crippen molar-refractivity contribution in [2.24, 2.45) is 5.41 Å². The summed E-state index contributed by atoms with van der Waals surface area (Å²) in [6, 6.07) is 4.52. The van der Waals surface area contributed by atoms with Gasteiger partial charge in [0.2, 0.25) is 5.91 Å². The van der Waals surface area contributed by atoms with Crippen LogP contribution in [-0.4, -0.2) is 43.2 Å². The van der Waals surface area contributed by atoms with Crippen LogP contribution in [0.1, 0.15) is 44.0 Å². The highest BCUT2D eigenvalue weighted by Gasteiger charge is 2.43. The van der Waals surface area contributed by atoms with Crippen LogP contribution in [0.4, 0.5) is 4.39 Å². The van der Waals surface area contributed by atoms with Crippen molar-refractivity contribution in [1.29, 1.82) is 0 Å². The van der Waals surface area contributed by atoms with Crippen molar-refractivity contribution < 1.29 is 14.0 Å². The lowest BCUT2D eigenvalue weighted by molar-refractivity contribution is -0.126. The van der Waals surface area contributed by atoms with Gasteiger partial charge in [0.25, 0.3) is 5.91 Å². The minimum absolute atomic E-state index is 0.00367. The van der Waals surface area contributed by atoms with Crippen molar-refractivity contribution >= 4 is 35.0 Å². The summed E-state index contributed by atoms with van der Waals surface area (Å²) in [5.41, 5.74) is -1.07. The van der Waals surface area contributed by atoms with Gasteiger partial charge in [-0.25, -0.2) is 4.39 Å². The number of piperidine rings is 1. The minimum atomic E-state index is -1.25. The summed E-state index contributed by atoms with van der Waals surface area (Å²) in [5, 5.41) is 9.31. The van der Waals surface area contributed by atoms with Gasteiger partial charge in [0.1, 0.15) is 6.17 Å². The molecule has 1 saturated heterocycles. The monoisotopic (exact) mass is 417 g/mol. The SMILES string of the molecule is CC(C)(C)NC(=O)C[C@@]1(CNC(=O)c2cc(Cl)cc(Cl)c2)CCNC[C@H]1F. The van der Waals surface area contributed by atoms with Crippen LogP contribution in [0.15, 0.2) is 18.2 Å². The molecule has 2 amide bonds. The van der Waals surface area contributed by atoms with Gasteiger partial charge in [-0.1, -0.05) is 23.2 Å². The van der Waals surface area contributed by atoms with Gasteiger partial charge >= 0.3 is 0 Å². The zero-order valence-corrected chi connectivity index (χ0v) is 17.3. The van der Waals surface area contributed by atoms with E-state index >= 15 is 0 Å². The summed E-state index contributed by atoms with van der Waals surface area (Å²) in [5.74, 6) is -0.632. The molecule has 1 aromatic carbocycles. The number of carbonyl (C=O) groups excluding carboxylic acids is 2. The standard InChI is InChI=1S/C19H26Cl2FN3O2/c1-18(2,3)25-16(26)9-19(4-5-23-10-15(19)22)11-24-17(27)12-6-13(20)8-14(21)7-12/h6-8,15,23H,4-5,9-11H2,1-3H3,(H,24,27)(H,25,26)/t15-,19-/m1/s1. The number of halogens is 3. The Kier molecular flexibility index (Phi) is 7.11. The maximum absolute atomic E-state index is 14.8. The molecule has 2 atom stereocenters. The van der Waals surface area contributed by atoms with Gasteiger partial charge in [0.15, 0.2) is 0 Å². The van der Waals surface area contributed by atoms with Gasteiger partial charge in [-0.15, -0.1) is 0 Å². The average Bonchev–Trinajstić information content (AvgIpc) is 2.52. The first-order valence-electron chi connectivity index (χ1n) is 8.91. The Morgan fingerprint density at radius 2 is 1.89 bits per heavy atom. The fourth-order valence-electron chi connectivity index (χ4n) is 3.23. The van der Waals surface area contributed by atoms with Gasteiger partial charge in [-0.05, 0) is 51.9 Å². The molecule has 0 radical (unpaired) electrons. The molecule has 0 spiro atoms. The molecule has 3 N–H and O–H groups in total. The van der Waals surface area contributed by atoms with Crippen LogP contribution in [0.5, 0.6) is 0 Å². The second kappa shape index (κ2) is 8.76. The number of rotatable bonds is 5. The molecular weight excluding hydrogens is 392 g/mol. The number of alkyl halides is 1. The molecule has 0 bridgehead atoms. The Balaban J connectivity index is 2.12. The van der Waals surface area contributed by atoms with E-state index in [1.165, 1.54) is 18.2 Å². The zero-order valence-electron chi connectivity index (χ0n) is 15.8. The molecule has 150 valence electrons. The number of amides is 2. The Hall–Kier alpha value is -1.37. The van der Waals surface area contributed by atoms with Crippen LogP contribution >= 0.6 is 23.2 Å². The van der Waals surface area contributed by atoms with Gasteiger partial charge in [-0.3, -0.25) is 9.59 Å². The van der Waals surface area contributed by atoms with E-state index in [1.54, 1.807) is 0 Å². The third-order valence-electron chi connectivity index (χ3n) is 4.54. The van der Waals surface area contributed by atoms with E-state index in [4.69, 9.17) is 23.2 Å². The van der Waals surface area contributed by atoms with E-state index in [0.717, 1.165) is 0 Å². The van der Waals surface area contributed by atoms with Crippen LogP contribution < -0.4 is 16.0 Å². The summed E-state index contributed by atoms with van der Waals surface area (Å²) in [7, 11) is 0. The molecule has 1 aromatic rings. The molecule has 0 saturated carbocycles. The fraction of sp³-hybridized carbons (Fsp3) is 0.579. The lowest BCUT2D eigenvalue weighted by atomic mass is 9.74. The first-order chi connectivity index (χ1) is 12.5. The number of nitrogens with one attached hydrogen (secondary N) is 3. The zero-order chi connectivity index (χ0) is 20.2. The predicted molar refractivity (Wildman–Crippen MR) is 106 cm³/mol. The molecule has 0 aliphatic carbocycles. The summed E-state index contributed by atoms with van der Waals surface area (Å²) in [6.07, 6.45) is -0.799. The van der Waals surface area contributed by atoms with Crippen molar-refractivity contribution in [3.8, 4) is 0 Å². The highest BCUT2D eigenvalue weighted by atomic mass is 35.5. The third-order valence-corrected chi connectivity index (χ3v) is 4.98. The van der Waals surface area contributed by atoms with E-state index in [9.17, 15) is 14.0 Å². The lowest BCUT2D eigenvalue weighted by Crippen LogP contribution is -2.55. The predicted octanol–water partition coefficient (Wildman–Crippen LogP) is 3.35. The van der Waals surface area contributed by atoms with Crippen LogP contribution in [0.3, 0.4) is 0 Å². The molecule has 27 heavy (non-hydrogen) atoms. The highest BCUT2D eigenvalue weighted by Crippen LogP contribution is 2.35. The van der Waals surface area contributed by atoms with E-state index in [-0.39, 0.29) is 25.4 Å². The molecule has 0 unspecified atom stereocenters. The molecule has 5 nitrogen and oxygen atoms in total. The molecule has 8 heteroatoms. The van der Waals surface area contributed by atoms with Crippen molar-refractivity contribution in [2.75, 3.05) is 19.6 Å². The molecule has 1 aliphatic rings. The van der Waals surface area contributed by atoms with E-state index in [1.807, 2.05) is 20.8 Å². The summed E-state index contributed by atoms with van der Waals surface area (Å²) < 4.78 is 14.8. The Morgan fingerprint density at radius 3 is 2.44 bits per heavy atom. The molecule has 1 heterocycles. The van der Waals surface area contributed by atoms with Crippen molar-refractivity contribution in [1.82, 2.24) is 16.0 Å². The van der Waals surface area contributed by atoms with Crippen LogP contribution in [0.25, 0.3) is 0 Å². The first-order valence-corrected chi connectivity index (χ1v) is 9.66. The summed E-state index contributed by atoms with van der Waals surface area (Å²) in [6.45, 7) is 6.41. The van der Waals surface area contributed by atoms with Gasteiger partial charge < -0.3 is 16.0 Å². The number of hydrogen-bond acceptors (Lipinski definition) is 3. The lowest BCUT2D eigenvalue weighted by Gasteiger charge is -2.40. The first kappa shape index (κ1) is 21.9. The summed E-state index contributed by atoms with van der Waals surface area (Å²) in [4.78, 5) is 24.9. The number of carbonyl (C=O) groups is 2. The molecular formula is C19H26Cl2FN3O2. The quantitative estimate of drug-likeness (QED) is 0.687. The second-order valence-corrected chi connectivity index (χ2v) is 8.97. The molecule has 2 rings (SSSR count). The van der Waals surface area contributed by atoms with Gasteiger partial charge in [0.05, 0.1) is 0 Å². The summed E-state index contributed by atoms with van der Waals surface area (Å²) >= 11 is 11.9. The Labute approximate surface area is 169 Å². The van der Waals surface area contributed by atoms with Crippen molar-refractivity contribution in [3.05, 3.63) is 33.8 Å². The molecule has 1 fully saturated rings. The fourth-order valence-corrected chi connectivity index (χ4v) is 3.75. The smallest absolute Gasteiger partial charge is 0.251 e. The van der Waals surface area contributed by atoms with Crippen molar-refractivity contribution in [3.63, 3.8) is 0 Å². The average molecular weight is 418 g/mol. The third kappa shape index (κ3) is 6.33. The minimum Gasteiger partial charge on any atom is -0.351 e. The Morgan fingerprint density at radius 1 is 1.26 bits per heavy atom. The van der Waals surface area contributed by atoms with Crippen LogP contribution in [0.2, 0.25) is 10.0 Å². The topological polar surface area (TPSA) is 70.2 Å². The second-order valence-electron chi connectivity index (χ2n) is 8.10. The molecule has 0 aromatic heterocycles. The number of benzene rings is 1. The Bertz CT molecular complexity index is 688. The van der Waals surface area contributed by atoms with E-state index in [0.29, 0.717) is 28.6 Å². The van der Waals surface area contributed by atoms with Crippen LogP contribution in [-0.2, 0) is 4.79 Å². The van der Waals surface area contributed by atoms with E-state index < -0.39 is 23.0 Å². The maximum Gasteiger partial charge on any atom is 0.251 e. The maximum atomic E-state index is 14.8.